The summed E-state index contributed by atoms with van der Waals surface area (Å²) in [5, 5.41) is 9.19. The van der Waals surface area contributed by atoms with Crippen molar-refractivity contribution in [3.05, 3.63) is 42.7 Å². The summed E-state index contributed by atoms with van der Waals surface area (Å²) in [5.41, 5.74) is 2.92. The molecule has 0 spiro atoms. The monoisotopic (exact) mass is 369 g/mol. The fourth-order valence-electron chi connectivity index (χ4n) is 3.89. The van der Waals surface area contributed by atoms with Crippen LogP contribution in [0.1, 0.15) is 19.7 Å². The van der Waals surface area contributed by atoms with Gasteiger partial charge in [0, 0.05) is 49.7 Å². The summed E-state index contributed by atoms with van der Waals surface area (Å²) < 4.78 is 9.60. The molecule has 1 aromatic carbocycles. The summed E-state index contributed by atoms with van der Waals surface area (Å²) in [4.78, 5) is 11.6. The highest BCUT2D eigenvalue weighted by atomic mass is 16.5. The van der Waals surface area contributed by atoms with Crippen LogP contribution in [0.2, 0.25) is 0 Å². The van der Waals surface area contributed by atoms with Crippen molar-refractivity contribution in [2.75, 3.05) is 39.5 Å². The fourth-order valence-corrected chi connectivity index (χ4v) is 3.89. The zero-order valence-corrected chi connectivity index (χ0v) is 16.0. The Balaban J connectivity index is 1.63. The Hall–Kier alpha value is -2.22. The Morgan fingerprint density at radius 3 is 2.78 bits per heavy atom. The molecule has 0 aliphatic carbocycles. The van der Waals surface area contributed by atoms with E-state index in [0.29, 0.717) is 6.54 Å². The third-order valence-corrected chi connectivity index (χ3v) is 5.19. The molecule has 0 saturated carbocycles. The molecule has 1 aliphatic rings. The van der Waals surface area contributed by atoms with Crippen molar-refractivity contribution >= 4 is 11.0 Å². The van der Waals surface area contributed by atoms with Crippen LogP contribution < -0.4 is 0 Å². The van der Waals surface area contributed by atoms with E-state index in [4.69, 9.17) is 9.72 Å². The molecule has 0 amide bonds. The molecular formula is C20H27N5O2. The largest absolute Gasteiger partial charge is 0.395 e. The molecular weight excluding hydrogens is 342 g/mol. The Bertz CT molecular complexity index is 908. The first-order valence-electron chi connectivity index (χ1n) is 9.48. The van der Waals surface area contributed by atoms with Gasteiger partial charge in [-0.2, -0.15) is 0 Å². The van der Waals surface area contributed by atoms with E-state index in [1.165, 1.54) is 0 Å². The number of aliphatic hydroxyl groups is 1. The molecule has 27 heavy (non-hydrogen) atoms. The van der Waals surface area contributed by atoms with Crippen molar-refractivity contribution in [1.82, 2.24) is 24.0 Å². The summed E-state index contributed by atoms with van der Waals surface area (Å²) in [6.07, 6.45) is 5.66. The molecule has 2 aromatic heterocycles. The number of hydrogen-bond donors (Lipinski definition) is 1. The van der Waals surface area contributed by atoms with Crippen molar-refractivity contribution in [3.8, 4) is 5.69 Å². The van der Waals surface area contributed by atoms with Gasteiger partial charge < -0.3 is 19.0 Å². The quantitative estimate of drug-likeness (QED) is 0.718. The Labute approximate surface area is 159 Å². The number of hydrogen-bond acceptors (Lipinski definition) is 5. The van der Waals surface area contributed by atoms with Gasteiger partial charge in [0.05, 0.1) is 37.2 Å². The van der Waals surface area contributed by atoms with Gasteiger partial charge in [0.25, 0.3) is 0 Å². The van der Waals surface area contributed by atoms with Crippen LogP contribution in [0.3, 0.4) is 0 Å². The minimum atomic E-state index is -0.0912. The van der Waals surface area contributed by atoms with Gasteiger partial charge in [0.2, 0.25) is 0 Å². The maximum Gasteiger partial charge on any atom is 0.120 e. The first kappa shape index (κ1) is 18.2. The molecule has 0 bridgehead atoms. The lowest BCUT2D eigenvalue weighted by molar-refractivity contribution is 0.0288. The molecule has 1 fully saturated rings. The molecule has 0 atom stereocenters. The Morgan fingerprint density at radius 2 is 2.00 bits per heavy atom. The number of imidazole rings is 2. The maximum atomic E-state index is 9.19. The topological polar surface area (TPSA) is 68.3 Å². The summed E-state index contributed by atoms with van der Waals surface area (Å²) in [6, 6.07) is 6.24. The van der Waals surface area contributed by atoms with Gasteiger partial charge in [0.15, 0.2) is 0 Å². The number of rotatable bonds is 6. The van der Waals surface area contributed by atoms with E-state index in [2.05, 4.69) is 46.5 Å². The van der Waals surface area contributed by atoms with E-state index in [9.17, 15) is 5.11 Å². The average Bonchev–Trinajstić information content (AvgIpc) is 3.30. The number of aromatic nitrogens is 4. The number of fused-ring (bicyclic) bond motifs is 1. The van der Waals surface area contributed by atoms with Crippen molar-refractivity contribution in [2.45, 2.75) is 25.8 Å². The molecule has 7 heteroatoms. The Morgan fingerprint density at radius 1 is 1.19 bits per heavy atom. The standard InChI is InChI=1S/C20H27N5O2/c1-20(2,14-23-8-11-27-12-9-23)19-21-5-6-25(19)16-3-4-18-17(13-16)22-15-24(18)7-10-26/h3-6,13,15,26H,7-12,14H2,1-2H3. The van der Waals surface area contributed by atoms with Gasteiger partial charge in [-0.25, -0.2) is 9.97 Å². The van der Waals surface area contributed by atoms with Crippen molar-refractivity contribution < 1.29 is 9.84 Å². The molecule has 7 nitrogen and oxygen atoms in total. The van der Waals surface area contributed by atoms with Crippen LogP contribution in [0.5, 0.6) is 0 Å². The number of aliphatic hydroxyl groups excluding tert-OH is 1. The van der Waals surface area contributed by atoms with Crippen LogP contribution in [0.25, 0.3) is 16.7 Å². The number of morpholine rings is 1. The number of benzene rings is 1. The molecule has 1 saturated heterocycles. The SMILES string of the molecule is CC(C)(CN1CCOCC1)c1nccn1-c1ccc2c(c1)ncn2CCO. The number of nitrogens with zero attached hydrogens (tertiary/aromatic N) is 5. The van der Waals surface area contributed by atoms with Crippen molar-refractivity contribution in [2.24, 2.45) is 0 Å². The zero-order valence-electron chi connectivity index (χ0n) is 16.0. The van der Waals surface area contributed by atoms with Crippen molar-refractivity contribution in [3.63, 3.8) is 0 Å². The summed E-state index contributed by atoms with van der Waals surface area (Å²) in [7, 11) is 0. The van der Waals surface area contributed by atoms with E-state index in [1.54, 1.807) is 6.33 Å². The lowest BCUT2D eigenvalue weighted by Crippen LogP contribution is -2.44. The van der Waals surface area contributed by atoms with Gasteiger partial charge in [-0.05, 0) is 18.2 Å². The predicted octanol–water partition coefficient (Wildman–Crippen LogP) is 1.82. The normalized spacial score (nSPS) is 16.3. The molecule has 3 heterocycles. The highest BCUT2D eigenvalue weighted by Crippen LogP contribution is 2.27. The molecule has 3 aromatic rings. The summed E-state index contributed by atoms with van der Waals surface area (Å²) in [6.45, 7) is 9.64. The first-order valence-corrected chi connectivity index (χ1v) is 9.48. The molecule has 4 rings (SSSR count). The summed E-state index contributed by atoms with van der Waals surface area (Å²) >= 11 is 0. The lowest BCUT2D eigenvalue weighted by atomic mass is 9.91. The highest BCUT2D eigenvalue weighted by molar-refractivity contribution is 5.77. The van der Waals surface area contributed by atoms with E-state index < -0.39 is 0 Å². The van der Waals surface area contributed by atoms with Crippen LogP contribution in [-0.4, -0.2) is 68.6 Å². The van der Waals surface area contributed by atoms with E-state index in [1.807, 2.05) is 17.0 Å². The van der Waals surface area contributed by atoms with Gasteiger partial charge in [-0.15, -0.1) is 0 Å². The Kier molecular flexibility index (Phi) is 4.99. The average molecular weight is 369 g/mol. The number of ether oxygens (including phenoxy) is 1. The van der Waals surface area contributed by atoms with E-state index in [0.717, 1.165) is 55.4 Å². The third kappa shape index (κ3) is 3.63. The molecule has 1 N–H and O–H groups in total. The molecule has 0 unspecified atom stereocenters. The third-order valence-electron chi connectivity index (χ3n) is 5.19. The van der Waals surface area contributed by atoms with Crippen LogP contribution in [0.15, 0.2) is 36.9 Å². The molecule has 0 radical (unpaired) electrons. The van der Waals surface area contributed by atoms with Gasteiger partial charge in [0.1, 0.15) is 5.82 Å². The van der Waals surface area contributed by atoms with Crippen LogP contribution in [0.4, 0.5) is 0 Å². The second kappa shape index (κ2) is 7.42. The second-order valence-electron chi connectivity index (χ2n) is 7.73. The van der Waals surface area contributed by atoms with Gasteiger partial charge in [-0.1, -0.05) is 13.8 Å². The smallest absolute Gasteiger partial charge is 0.120 e. The van der Waals surface area contributed by atoms with Crippen LogP contribution >= 0.6 is 0 Å². The van der Waals surface area contributed by atoms with E-state index >= 15 is 0 Å². The lowest BCUT2D eigenvalue weighted by Gasteiger charge is -2.34. The maximum absolute atomic E-state index is 9.19. The molecule has 144 valence electrons. The first-order chi connectivity index (χ1) is 13.1. The minimum Gasteiger partial charge on any atom is -0.395 e. The van der Waals surface area contributed by atoms with Gasteiger partial charge in [-0.3, -0.25) is 4.90 Å². The van der Waals surface area contributed by atoms with E-state index in [-0.39, 0.29) is 12.0 Å². The van der Waals surface area contributed by atoms with Crippen molar-refractivity contribution in [1.29, 1.82) is 0 Å². The van der Waals surface area contributed by atoms with Crippen LogP contribution in [-0.2, 0) is 16.7 Å². The van der Waals surface area contributed by atoms with Crippen LogP contribution in [0, 0.1) is 0 Å². The fraction of sp³-hybridized carbons (Fsp3) is 0.500. The van der Waals surface area contributed by atoms with Gasteiger partial charge >= 0.3 is 0 Å². The molecule has 1 aliphatic heterocycles. The highest BCUT2D eigenvalue weighted by Gasteiger charge is 2.29. The predicted molar refractivity (Wildman–Crippen MR) is 104 cm³/mol. The minimum absolute atomic E-state index is 0.0912. The second-order valence-corrected chi connectivity index (χ2v) is 7.73. The zero-order chi connectivity index (χ0) is 18.9. The summed E-state index contributed by atoms with van der Waals surface area (Å²) in [5.74, 6) is 1.04.